The second-order valence-corrected chi connectivity index (χ2v) is 5.91. The predicted octanol–water partition coefficient (Wildman–Crippen LogP) is 2.61. The zero-order valence-corrected chi connectivity index (χ0v) is 11.4. The first kappa shape index (κ1) is 12.2. The monoisotopic (exact) mass is 244 g/mol. The van der Waals surface area contributed by atoms with Crippen LogP contribution in [0, 0.1) is 5.92 Å². The van der Waals surface area contributed by atoms with E-state index in [4.69, 9.17) is 0 Å². The number of hydrogen-bond acceptors (Lipinski definition) is 2. The summed E-state index contributed by atoms with van der Waals surface area (Å²) >= 11 is 0. The summed E-state index contributed by atoms with van der Waals surface area (Å²) in [6.45, 7) is 7.11. The van der Waals surface area contributed by atoms with Gasteiger partial charge in [0.15, 0.2) is 0 Å². The minimum Gasteiger partial charge on any atom is -0.315 e. The van der Waals surface area contributed by atoms with Gasteiger partial charge in [-0.25, -0.2) is 0 Å². The van der Waals surface area contributed by atoms with Crippen LogP contribution in [0.1, 0.15) is 36.9 Å². The third-order valence-electron chi connectivity index (χ3n) is 4.39. The molecule has 0 spiro atoms. The highest BCUT2D eigenvalue weighted by Crippen LogP contribution is 2.34. The molecule has 1 aliphatic heterocycles. The molecular weight excluding hydrogens is 220 g/mol. The average Bonchev–Trinajstić information content (AvgIpc) is 2.63. The molecule has 2 unspecified atom stereocenters. The Morgan fingerprint density at radius 2 is 2.17 bits per heavy atom. The Hall–Kier alpha value is -0.860. The van der Waals surface area contributed by atoms with Gasteiger partial charge in [-0.15, -0.1) is 0 Å². The van der Waals surface area contributed by atoms with E-state index < -0.39 is 0 Å². The summed E-state index contributed by atoms with van der Waals surface area (Å²) in [6.07, 6.45) is 3.96. The maximum atomic E-state index is 3.55. The highest BCUT2D eigenvalue weighted by Gasteiger charge is 2.27. The number of fused-ring (bicyclic) bond motifs is 1. The van der Waals surface area contributed by atoms with Crippen molar-refractivity contribution in [2.45, 2.75) is 32.2 Å². The lowest BCUT2D eigenvalue weighted by molar-refractivity contribution is 0.173. The van der Waals surface area contributed by atoms with Gasteiger partial charge in [0.1, 0.15) is 0 Å². The van der Waals surface area contributed by atoms with Crippen LogP contribution in [-0.2, 0) is 6.42 Å². The van der Waals surface area contributed by atoms with Crippen LogP contribution in [0.5, 0.6) is 0 Å². The first-order chi connectivity index (χ1) is 8.84. The van der Waals surface area contributed by atoms with Crippen LogP contribution in [-0.4, -0.2) is 31.1 Å². The normalized spacial score (nSPS) is 29.6. The first-order valence-electron chi connectivity index (χ1n) is 7.37. The lowest BCUT2D eigenvalue weighted by Gasteiger charge is -2.36. The molecule has 1 saturated heterocycles. The summed E-state index contributed by atoms with van der Waals surface area (Å²) in [6, 6.07) is 9.73. The largest absolute Gasteiger partial charge is 0.315 e. The maximum Gasteiger partial charge on any atom is 0.0351 e. The average molecular weight is 244 g/mol. The molecule has 18 heavy (non-hydrogen) atoms. The van der Waals surface area contributed by atoms with Gasteiger partial charge in [-0.3, -0.25) is 4.90 Å². The van der Waals surface area contributed by atoms with Crippen LogP contribution in [0.15, 0.2) is 24.3 Å². The first-order valence-corrected chi connectivity index (χ1v) is 7.37. The van der Waals surface area contributed by atoms with Crippen molar-refractivity contribution in [3.8, 4) is 0 Å². The second kappa shape index (κ2) is 5.41. The van der Waals surface area contributed by atoms with Crippen molar-refractivity contribution in [3.63, 3.8) is 0 Å². The fourth-order valence-corrected chi connectivity index (χ4v) is 3.52. The van der Waals surface area contributed by atoms with Crippen LogP contribution in [0.3, 0.4) is 0 Å². The number of nitrogens with one attached hydrogen (secondary N) is 1. The maximum absolute atomic E-state index is 3.55. The number of nitrogens with zero attached hydrogens (tertiary/aromatic N) is 1. The van der Waals surface area contributed by atoms with Crippen LogP contribution in [0.4, 0.5) is 0 Å². The van der Waals surface area contributed by atoms with Crippen molar-refractivity contribution in [2.75, 3.05) is 26.2 Å². The Labute approximate surface area is 110 Å². The zero-order valence-electron chi connectivity index (χ0n) is 11.4. The van der Waals surface area contributed by atoms with E-state index in [1.165, 1.54) is 38.9 Å². The highest BCUT2D eigenvalue weighted by molar-refractivity contribution is 5.32. The number of hydrogen-bond donors (Lipinski definition) is 1. The number of benzene rings is 1. The smallest absolute Gasteiger partial charge is 0.0351 e. The fourth-order valence-electron chi connectivity index (χ4n) is 3.52. The predicted molar refractivity (Wildman–Crippen MR) is 75.7 cm³/mol. The van der Waals surface area contributed by atoms with Crippen molar-refractivity contribution in [3.05, 3.63) is 35.4 Å². The van der Waals surface area contributed by atoms with E-state index in [1.54, 1.807) is 11.1 Å². The van der Waals surface area contributed by atoms with E-state index in [0.717, 1.165) is 12.5 Å². The van der Waals surface area contributed by atoms with E-state index in [9.17, 15) is 0 Å². The summed E-state index contributed by atoms with van der Waals surface area (Å²) in [7, 11) is 0. The molecule has 2 heteroatoms. The Morgan fingerprint density at radius 1 is 1.28 bits per heavy atom. The van der Waals surface area contributed by atoms with Gasteiger partial charge in [0.2, 0.25) is 0 Å². The molecule has 1 aromatic rings. The lowest BCUT2D eigenvalue weighted by Crippen LogP contribution is -2.35. The minimum absolute atomic E-state index is 0.664. The molecule has 0 radical (unpaired) electrons. The molecule has 1 fully saturated rings. The zero-order chi connectivity index (χ0) is 12.4. The van der Waals surface area contributed by atoms with Gasteiger partial charge < -0.3 is 5.32 Å². The standard InChI is InChI=1S/C16H24N2/c1-13-11-17-9-10-18(12-13)16-8-4-6-14-5-2-3-7-15(14)16/h2-3,5,7,13,16-17H,4,6,8-12H2,1H3. The number of rotatable bonds is 1. The summed E-state index contributed by atoms with van der Waals surface area (Å²) in [5.74, 6) is 0.765. The van der Waals surface area contributed by atoms with Crippen LogP contribution in [0.25, 0.3) is 0 Å². The molecular formula is C16H24N2. The molecule has 2 atom stereocenters. The van der Waals surface area contributed by atoms with Gasteiger partial charge in [-0.05, 0) is 42.9 Å². The molecule has 2 aliphatic rings. The molecule has 1 heterocycles. The second-order valence-electron chi connectivity index (χ2n) is 5.91. The molecule has 3 rings (SSSR count). The Balaban J connectivity index is 1.84. The van der Waals surface area contributed by atoms with Gasteiger partial charge in [0, 0.05) is 25.7 Å². The van der Waals surface area contributed by atoms with Crippen molar-refractivity contribution in [1.29, 1.82) is 0 Å². The molecule has 1 N–H and O–H groups in total. The van der Waals surface area contributed by atoms with E-state index >= 15 is 0 Å². The summed E-state index contributed by atoms with van der Waals surface area (Å²) in [5, 5.41) is 3.55. The third kappa shape index (κ3) is 2.45. The van der Waals surface area contributed by atoms with Gasteiger partial charge in [0.05, 0.1) is 0 Å². The quantitative estimate of drug-likeness (QED) is 0.817. The van der Waals surface area contributed by atoms with Crippen molar-refractivity contribution in [2.24, 2.45) is 5.92 Å². The van der Waals surface area contributed by atoms with Gasteiger partial charge in [0.25, 0.3) is 0 Å². The Kier molecular flexibility index (Phi) is 3.67. The molecule has 0 saturated carbocycles. The fraction of sp³-hybridized carbons (Fsp3) is 0.625. The van der Waals surface area contributed by atoms with E-state index in [0.29, 0.717) is 6.04 Å². The highest BCUT2D eigenvalue weighted by atomic mass is 15.2. The topological polar surface area (TPSA) is 15.3 Å². The Morgan fingerprint density at radius 3 is 3.11 bits per heavy atom. The van der Waals surface area contributed by atoms with Crippen molar-refractivity contribution < 1.29 is 0 Å². The van der Waals surface area contributed by atoms with Gasteiger partial charge >= 0.3 is 0 Å². The van der Waals surface area contributed by atoms with Crippen LogP contribution >= 0.6 is 0 Å². The lowest BCUT2D eigenvalue weighted by atomic mass is 9.86. The van der Waals surface area contributed by atoms with Crippen molar-refractivity contribution in [1.82, 2.24) is 10.2 Å². The van der Waals surface area contributed by atoms with Gasteiger partial charge in [-0.1, -0.05) is 31.2 Å². The summed E-state index contributed by atoms with van der Waals surface area (Å²) < 4.78 is 0. The molecule has 2 nitrogen and oxygen atoms in total. The van der Waals surface area contributed by atoms with E-state index in [1.807, 2.05) is 0 Å². The molecule has 0 amide bonds. The van der Waals surface area contributed by atoms with Crippen LogP contribution in [0.2, 0.25) is 0 Å². The van der Waals surface area contributed by atoms with Gasteiger partial charge in [-0.2, -0.15) is 0 Å². The summed E-state index contributed by atoms with van der Waals surface area (Å²) in [4.78, 5) is 2.71. The number of aryl methyl sites for hydroxylation is 1. The molecule has 1 aromatic carbocycles. The SMILES string of the molecule is CC1CNCCN(C2CCCc3ccccc32)C1. The molecule has 1 aliphatic carbocycles. The molecule has 0 aromatic heterocycles. The minimum atomic E-state index is 0.664. The van der Waals surface area contributed by atoms with Crippen molar-refractivity contribution >= 4 is 0 Å². The third-order valence-corrected chi connectivity index (χ3v) is 4.39. The van der Waals surface area contributed by atoms with E-state index in [2.05, 4.69) is 41.4 Å². The van der Waals surface area contributed by atoms with Crippen LogP contribution < -0.4 is 5.32 Å². The summed E-state index contributed by atoms with van der Waals surface area (Å²) in [5.41, 5.74) is 3.18. The molecule has 0 bridgehead atoms. The van der Waals surface area contributed by atoms with E-state index in [-0.39, 0.29) is 0 Å². The molecule has 98 valence electrons. The Bertz CT molecular complexity index is 402.